The van der Waals surface area contributed by atoms with Crippen molar-refractivity contribution in [3.05, 3.63) is 34.3 Å². The van der Waals surface area contributed by atoms with Crippen LogP contribution in [-0.4, -0.2) is 24.6 Å². The number of hydrogen-bond acceptors (Lipinski definition) is 4. The van der Waals surface area contributed by atoms with Gasteiger partial charge in [-0.1, -0.05) is 6.07 Å². The van der Waals surface area contributed by atoms with Gasteiger partial charge in [0.15, 0.2) is 5.58 Å². The Morgan fingerprint density at radius 3 is 3.06 bits per heavy atom. The average molecular weight is 247 g/mol. The predicted molar refractivity (Wildman–Crippen MR) is 69.7 cm³/mol. The van der Waals surface area contributed by atoms with Crippen molar-refractivity contribution in [1.29, 1.82) is 0 Å². The summed E-state index contributed by atoms with van der Waals surface area (Å²) in [6.45, 7) is 0.890. The minimum absolute atomic E-state index is 0.232. The topological polar surface area (TPSA) is 70.1 Å². The van der Waals surface area contributed by atoms with Gasteiger partial charge in [-0.15, -0.1) is 0 Å². The van der Waals surface area contributed by atoms with Gasteiger partial charge in [0.1, 0.15) is 0 Å². The van der Waals surface area contributed by atoms with E-state index in [1.54, 1.807) is 0 Å². The van der Waals surface area contributed by atoms with Crippen LogP contribution in [0.25, 0.3) is 11.1 Å². The number of likely N-dealkylation sites (N-methyl/N-ethyl adjacent to an activating group) is 1. The second-order valence-electron chi connectivity index (χ2n) is 4.79. The van der Waals surface area contributed by atoms with Crippen molar-refractivity contribution >= 4 is 11.1 Å². The molecule has 1 aliphatic rings. The maximum atomic E-state index is 11.1. The molecule has 1 aliphatic carbocycles. The van der Waals surface area contributed by atoms with Gasteiger partial charge in [-0.25, -0.2) is 4.79 Å². The van der Waals surface area contributed by atoms with Crippen molar-refractivity contribution in [1.82, 2.24) is 15.6 Å². The Kier molecular flexibility index (Phi) is 2.93. The van der Waals surface area contributed by atoms with Crippen molar-refractivity contribution in [2.24, 2.45) is 0 Å². The lowest BCUT2D eigenvalue weighted by atomic mass is 10.1. The molecule has 0 radical (unpaired) electrons. The Labute approximate surface area is 105 Å². The van der Waals surface area contributed by atoms with Crippen molar-refractivity contribution < 1.29 is 4.42 Å². The average Bonchev–Trinajstić information content (AvgIpc) is 3.10. The number of hydrogen-bond donors (Lipinski definition) is 3. The zero-order chi connectivity index (χ0) is 12.5. The summed E-state index contributed by atoms with van der Waals surface area (Å²) in [7, 11) is 1.94. The fourth-order valence-corrected chi connectivity index (χ4v) is 2.14. The number of nitrogens with one attached hydrogen (secondary N) is 3. The highest BCUT2D eigenvalue weighted by Crippen LogP contribution is 2.21. The smallest absolute Gasteiger partial charge is 0.408 e. The van der Waals surface area contributed by atoms with Crippen LogP contribution in [0.15, 0.2) is 27.4 Å². The molecule has 3 N–H and O–H groups in total. The SMILES string of the molecule is CNC(CNC1CC1)c1ccc2[nH]c(=O)oc2c1. The molecule has 0 spiro atoms. The van der Waals surface area contributed by atoms with E-state index >= 15 is 0 Å². The Bertz CT molecular complexity index is 598. The highest BCUT2D eigenvalue weighted by molar-refractivity contribution is 5.72. The first kappa shape index (κ1) is 11.5. The number of oxazole rings is 1. The summed E-state index contributed by atoms with van der Waals surface area (Å²) in [6.07, 6.45) is 2.56. The molecule has 1 aromatic heterocycles. The number of rotatable bonds is 5. The van der Waals surface area contributed by atoms with Gasteiger partial charge in [-0.2, -0.15) is 0 Å². The molecule has 0 aliphatic heterocycles. The fraction of sp³-hybridized carbons (Fsp3) is 0.462. The maximum Gasteiger partial charge on any atom is 0.417 e. The number of aromatic amines is 1. The first-order valence-corrected chi connectivity index (χ1v) is 6.29. The van der Waals surface area contributed by atoms with Crippen molar-refractivity contribution in [2.45, 2.75) is 24.9 Å². The molecule has 96 valence electrons. The van der Waals surface area contributed by atoms with E-state index in [-0.39, 0.29) is 6.04 Å². The molecule has 1 heterocycles. The molecule has 1 atom stereocenters. The molecule has 3 rings (SSSR count). The Morgan fingerprint density at radius 1 is 1.50 bits per heavy atom. The van der Waals surface area contributed by atoms with Crippen LogP contribution in [0.3, 0.4) is 0 Å². The van der Waals surface area contributed by atoms with E-state index in [9.17, 15) is 4.79 Å². The van der Waals surface area contributed by atoms with Gasteiger partial charge in [-0.05, 0) is 37.6 Å². The van der Waals surface area contributed by atoms with E-state index in [2.05, 4.69) is 15.6 Å². The quantitative estimate of drug-likeness (QED) is 0.741. The van der Waals surface area contributed by atoms with E-state index in [1.807, 2.05) is 25.2 Å². The van der Waals surface area contributed by atoms with Crippen molar-refractivity contribution in [3.63, 3.8) is 0 Å². The van der Waals surface area contributed by atoms with Gasteiger partial charge in [-0.3, -0.25) is 4.98 Å². The largest absolute Gasteiger partial charge is 0.417 e. The first-order valence-electron chi connectivity index (χ1n) is 6.29. The molecule has 1 unspecified atom stereocenters. The molecule has 2 aromatic rings. The van der Waals surface area contributed by atoms with Crippen LogP contribution in [0.5, 0.6) is 0 Å². The van der Waals surface area contributed by atoms with Crippen LogP contribution in [0, 0.1) is 0 Å². The van der Waals surface area contributed by atoms with E-state index in [0.717, 1.165) is 17.6 Å². The summed E-state index contributed by atoms with van der Waals surface area (Å²) >= 11 is 0. The van der Waals surface area contributed by atoms with E-state index < -0.39 is 5.76 Å². The normalized spacial score (nSPS) is 17.2. The standard InChI is InChI=1S/C13H17N3O2/c1-14-11(7-15-9-3-4-9)8-2-5-10-12(6-8)18-13(17)16-10/h2,5-6,9,11,14-15H,3-4,7H2,1H3,(H,16,17). The van der Waals surface area contributed by atoms with Gasteiger partial charge in [0.2, 0.25) is 0 Å². The maximum absolute atomic E-state index is 11.1. The summed E-state index contributed by atoms with van der Waals surface area (Å²) in [5.41, 5.74) is 2.49. The summed E-state index contributed by atoms with van der Waals surface area (Å²) < 4.78 is 5.08. The molecule has 0 saturated heterocycles. The van der Waals surface area contributed by atoms with Crippen LogP contribution in [0.4, 0.5) is 0 Å². The summed E-state index contributed by atoms with van der Waals surface area (Å²) in [6, 6.07) is 6.74. The summed E-state index contributed by atoms with van der Waals surface area (Å²) in [5.74, 6) is -0.403. The van der Waals surface area contributed by atoms with Crippen LogP contribution in [0.1, 0.15) is 24.4 Å². The summed E-state index contributed by atoms with van der Waals surface area (Å²) in [5, 5.41) is 6.78. The molecule has 5 heteroatoms. The molecule has 0 bridgehead atoms. The lowest BCUT2D eigenvalue weighted by Crippen LogP contribution is -2.30. The van der Waals surface area contributed by atoms with Crippen LogP contribution >= 0.6 is 0 Å². The van der Waals surface area contributed by atoms with Gasteiger partial charge >= 0.3 is 5.76 Å². The van der Waals surface area contributed by atoms with Crippen molar-refractivity contribution in [2.75, 3.05) is 13.6 Å². The van der Waals surface area contributed by atoms with Gasteiger partial charge in [0, 0.05) is 18.6 Å². The predicted octanol–water partition coefficient (Wildman–Crippen LogP) is 1.13. The third-order valence-corrected chi connectivity index (χ3v) is 3.38. The highest BCUT2D eigenvalue weighted by atomic mass is 16.4. The van der Waals surface area contributed by atoms with E-state index in [0.29, 0.717) is 11.6 Å². The van der Waals surface area contributed by atoms with Gasteiger partial charge < -0.3 is 15.1 Å². The van der Waals surface area contributed by atoms with E-state index in [1.165, 1.54) is 12.8 Å². The molecular formula is C13H17N3O2. The third kappa shape index (κ3) is 2.32. The zero-order valence-corrected chi connectivity index (χ0v) is 10.3. The lowest BCUT2D eigenvalue weighted by molar-refractivity contribution is 0.523. The minimum Gasteiger partial charge on any atom is -0.408 e. The lowest BCUT2D eigenvalue weighted by Gasteiger charge is -2.17. The molecule has 1 aromatic carbocycles. The second kappa shape index (κ2) is 4.59. The molecule has 1 fully saturated rings. The van der Waals surface area contributed by atoms with E-state index in [4.69, 9.17) is 4.42 Å². The number of benzene rings is 1. The highest BCUT2D eigenvalue weighted by Gasteiger charge is 2.22. The fourth-order valence-electron chi connectivity index (χ4n) is 2.14. The Morgan fingerprint density at radius 2 is 2.33 bits per heavy atom. The number of fused-ring (bicyclic) bond motifs is 1. The molecule has 5 nitrogen and oxygen atoms in total. The Hall–Kier alpha value is -1.59. The first-order chi connectivity index (χ1) is 8.76. The monoisotopic (exact) mass is 247 g/mol. The molecule has 1 saturated carbocycles. The molecule has 18 heavy (non-hydrogen) atoms. The van der Waals surface area contributed by atoms with Crippen LogP contribution in [-0.2, 0) is 0 Å². The van der Waals surface area contributed by atoms with Crippen LogP contribution < -0.4 is 16.4 Å². The number of H-pyrrole nitrogens is 1. The van der Waals surface area contributed by atoms with Crippen LogP contribution in [0.2, 0.25) is 0 Å². The second-order valence-corrected chi connectivity index (χ2v) is 4.79. The number of aromatic nitrogens is 1. The van der Waals surface area contributed by atoms with Gasteiger partial charge in [0.25, 0.3) is 0 Å². The van der Waals surface area contributed by atoms with Gasteiger partial charge in [0.05, 0.1) is 5.52 Å². The zero-order valence-electron chi connectivity index (χ0n) is 10.3. The van der Waals surface area contributed by atoms with Crippen molar-refractivity contribution in [3.8, 4) is 0 Å². The summed E-state index contributed by atoms with van der Waals surface area (Å²) in [4.78, 5) is 13.8. The Balaban J connectivity index is 1.83. The molecular weight excluding hydrogens is 230 g/mol. The minimum atomic E-state index is -0.403. The third-order valence-electron chi connectivity index (χ3n) is 3.38. The molecule has 0 amide bonds.